The first-order valence-corrected chi connectivity index (χ1v) is 9.12. The van der Waals surface area contributed by atoms with Crippen LogP contribution in [0.15, 0.2) is 53.4 Å². The summed E-state index contributed by atoms with van der Waals surface area (Å²) in [6.45, 7) is 0.496. The molecular weight excluding hydrogens is 344 g/mol. The lowest BCUT2D eigenvalue weighted by Gasteiger charge is -2.21. The Morgan fingerprint density at radius 1 is 1.08 bits per heavy atom. The van der Waals surface area contributed by atoms with Crippen LogP contribution in [0.1, 0.15) is 0 Å². The number of carbonyl (C=O) groups is 1. The van der Waals surface area contributed by atoms with Crippen LogP contribution in [-0.2, 0) is 14.8 Å². The van der Waals surface area contributed by atoms with Crippen molar-refractivity contribution in [2.45, 2.75) is 4.90 Å². The molecule has 0 saturated heterocycles. The first-order chi connectivity index (χ1) is 12.0. The highest BCUT2D eigenvalue weighted by Gasteiger charge is 2.25. The first kappa shape index (κ1) is 17.2. The number of nitrogens with one attached hydrogen (secondary N) is 1. The SMILES string of the molecule is CN(CC(=O)Nc1ccccc1)S(=O)(=O)c1ccc2c(c1)OCCO2. The summed E-state index contributed by atoms with van der Waals surface area (Å²) in [5.74, 6) is 0.471. The van der Waals surface area contributed by atoms with E-state index in [4.69, 9.17) is 9.47 Å². The number of fused-ring (bicyclic) bond motifs is 1. The molecule has 0 bridgehead atoms. The van der Waals surface area contributed by atoms with Crippen LogP contribution in [0.3, 0.4) is 0 Å². The number of ether oxygens (including phenoxy) is 2. The van der Waals surface area contributed by atoms with Gasteiger partial charge in [0.25, 0.3) is 0 Å². The highest BCUT2D eigenvalue weighted by molar-refractivity contribution is 7.89. The fraction of sp³-hybridized carbons (Fsp3) is 0.235. The van der Waals surface area contributed by atoms with Crippen LogP contribution < -0.4 is 14.8 Å². The van der Waals surface area contributed by atoms with Crippen molar-refractivity contribution >= 4 is 21.6 Å². The summed E-state index contributed by atoms with van der Waals surface area (Å²) >= 11 is 0. The second-order valence-corrected chi connectivity index (χ2v) is 7.53. The van der Waals surface area contributed by atoms with E-state index in [1.807, 2.05) is 6.07 Å². The van der Waals surface area contributed by atoms with Crippen LogP contribution >= 0.6 is 0 Å². The minimum absolute atomic E-state index is 0.0479. The summed E-state index contributed by atoms with van der Waals surface area (Å²) in [5, 5.41) is 2.66. The molecule has 1 N–H and O–H groups in total. The van der Waals surface area contributed by atoms with Gasteiger partial charge >= 0.3 is 0 Å². The molecule has 132 valence electrons. The molecule has 1 heterocycles. The fourth-order valence-corrected chi connectivity index (χ4v) is 3.52. The summed E-state index contributed by atoms with van der Waals surface area (Å²) < 4.78 is 37.1. The number of para-hydroxylation sites is 1. The highest BCUT2D eigenvalue weighted by Crippen LogP contribution is 2.32. The van der Waals surface area contributed by atoms with Crippen molar-refractivity contribution in [3.8, 4) is 11.5 Å². The molecule has 8 heteroatoms. The normalized spacial score (nSPS) is 13.5. The van der Waals surface area contributed by atoms with Crippen molar-refractivity contribution in [1.29, 1.82) is 0 Å². The summed E-state index contributed by atoms with van der Waals surface area (Å²) in [7, 11) is -2.47. The lowest BCUT2D eigenvalue weighted by Crippen LogP contribution is -2.35. The van der Waals surface area contributed by atoms with Gasteiger partial charge in [0.1, 0.15) is 13.2 Å². The molecular formula is C17H18N2O5S. The van der Waals surface area contributed by atoms with E-state index in [2.05, 4.69) is 5.32 Å². The van der Waals surface area contributed by atoms with Gasteiger partial charge in [-0.1, -0.05) is 18.2 Å². The van der Waals surface area contributed by atoms with Crippen molar-refractivity contribution in [3.63, 3.8) is 0 Å². The van der Waals surface area contributed by atoms with Crippen LogP contribution in [0, 0.1) is 0 Å². The minimum atomic E-state index is -3.82. The van der Waals surface area contributed by atoms with Crippen molar-refractivity contribution in [2.24, 2.45) is 0 Å². The molecule has 0 saturated carbocycles. The standard InChI is InChI=1S/C17H18N2O5S/c1-19(12-17(20)18-13-5-3-2-4-6-13)25(21,22)14-7-8-15-16(11-14)24-10-9-23-15/h2-8,11H,9-10,12H2,1H3,(H,18,20). The Morgan fingerprint density at radius 2 is 1.76 bits per heavy atom. The molecule has 0 aliphatic carbocycles. The van der Waals surface area contributed by atoms with Crippen LogP contribution in [0.25, 0.3) is 0 Å². The third-order valence-corrected chi connectivity index (χ3v) is 5.45. The van der Waals surface area contributed by atoms with E-state index in [1.165, 1.54) is 19.2 Å². The molecule has 1 aliphatic rings. The van der Waals surface area contributed by atoms with E-state index >= 15 is 0 Å². The maximum Gasteiger partial charge on any atom is 0.243 e. The van der Waals surface area contributed by atoms with E-state index in [9.17, 15) is 13.2 Å². The number of benzene rings is 2. The van der Waals surface area contributed by atoms with Gasteiger partial charge in [-0.2, -0.15) is 4.31 Å². The third-order valence-electron chi connectivity index (χ3n) is 3.65. The smallest absolute Gasteiger partial charge is 0.243 e. The van der Waals surface area contributed by atoms with Crippen molar-refractivity contribution < 1.29 is 22.7 Å². The average Bonchev–Trinajstić information content (AvgIpc) is 2.62. The quantitative estimate of drug-likeness (QED) is 0.875. The second kappa shape index (κ2) is 7.12. The van der Waals surface area contributed by atoms with Gasteiger partial charge in [-0.15, -0.1) is 0 Å². The Hall–Kier alpha value is -2.58. The summed E-state index contributed by atoms with van der Waals surface area (Å²) in [6.07, 6.45) is 0. The Bertz CT molecular complexity index is 868. The third kappa shape index (κ3) is 3.92. The number of carbonyl (C=O) groups excluding carboxylic acids is 1. The van der Waals surface area contributed by atoms with E-state index in [1.54, 1.807) is 30.3 Å². The lowest BCUT2D eigenvalue weighted by molar-refractivity contribution is -0.116. The van der Waals surface area contributed by atoms with Gasteiger partial charge in [0.15, 0.2) is 11.5 Å². The maximum absolute atomic E-state index is 12.7. The van der Waals surface area contributed by atoms with Gasteiger partial charge in [-0.05, 0) is 24.3 Å². The minimum Gasteiger partial charge on any atom is -0.486 e. The van der Waals surface area contributed by atoms with Gasteiger partial charge < -0.3 is 14.8 Å². The van der Waals surface area contributed by atoms with Crippen LogP contribution in [0.4, 0.5) is 5.69 Å². The van der Waals surface area contributed by atoms with Crippen LogP contribution in [0.2, 0.25) is 0 Å². The molecule has 0 atom stereocenters. The monoisotopic (exact) mass is 362 g/mol. The Kier molecular flexibility index (Phi) is 4.91. The van der Waals surface area contributed by atoms with Crippen LogP contribution in [0.5, 0.6) is 11.5 Å². The molecule has 2 aromatic carbocycles. The first-order valence-electron chi connectivity index (χ1n) is 7.68. The maximum atomic E-state index is 12.7. The second-order valence-electron chi connectivity index (χ2n) is 5.48. The van der Waals surface area contributed by atoms with Crippen LogP contribution in [-0.4, -0.2) is 45.4 Å². The number of rotatable bonds is 5. The van der Waals surface area contributed by atoms with Gasteiger partial charge in [-0.3, -0.25) is 4.79 Å². The number of likely N-dealkylation sites (N-methyl/N-ethyl adjacent to an activating group) is 1. The largest absolute Gasteiger partial charge is 0.486 e. The topological polar surface area (TPSA) is 84.9 Å². The molecule has 7 nitrogen and oxygen atoms in total. The summed E-state index contributed by atoms with van der Waals surface area (Å²) in [5.41, 5.74) is 0.609. The number of nitrogens with zero attached hydrogens (tertiary/aromatic N) is 1. The predicted molar refractivity (Wildman–Crippen MR) is 92.3 cm³/mol. The number of sulfonamides is 1. The summed E-state index contributed by atoms with van der Waals surface area (Å²) in [6, 6.07) is 13.3. The van der Waals surface area contributed by atoms with Gasteiger partial charge in [0, 0.05) is 18.8 Å². The molecule has 0 spiro atoms. The lowest BCUT2D eigenvalue weighted by atomic mass is 10.3. The Balaban J connectivity index is 1.72. The molecule has 1 aliphatic heterocycles. The highest BCUT2D eigenvalue weighted by atomic mass is 32.2. The zero-order valence-electron chi connectivity index (χ0n) is 13.6. The molecule has 2 aromatic rings. The Morgan fingerprint density at radius 3 is 2.48 bits per heavy atom. The molecule has 0 fully saturated rings. The number of amides is 1. The van der Waals surface area contributed by atoms with Gasteiger partial charge in [0.2, 0.25) is 15.9 Å². The van der Waals surface area contributed by atoms with Crippen molar-refractivity contribution in [2.75, 3.05) is 32.1 Å². The number of anilines is 1. The zero-order valence-corrected chi connectivity index (χ0v) is 14.5. The van der Waals surface area contributed by atoms with E-state index < -0.39 is 15.9 Å². The van der Waals surface area contributed by atoms with Gasteiger partial charge in [0.05, 0.1) is 11.4 Å². The summed E-state index contributed by atoms with van der Waals surface area (Å²) in [4.78, 5) is 12.1. The fourth-order valence-electron chi connectivity index (χ4n) is 2.37. The molecule has 25 heavy (non-hydrogen) atoms. The van der Waals surface area contributed by atoms with E-state index in [-0.39, 0.29) is 11.4 Å². The average molecular weight is 362 g/mol. The molecule has 3 rings (SSSR count). The van der Waals surface area contributed by atoms with Crippen molar-refractivity contribution in [1.82, 2.24) is 4.31 Å². The number of hydrogen-bond acceptors (Lipinski definition) is 5. The van der Waals surface area contributed by atoms with Crippen molar-refractivity contribution in [3.05, 3.63) is 48.5 Å². The van der Waals surface area contributed by atoms with E-state index in [0.717, 1.165) is 4.31 Å². The molecule has 0 aromatic heterocycles. The van der Waals surface area contributed by atoms with E-state index in [0.29, 0.717) is 30.4 Å². The molecule has 0 radical (unpaired) electrons. The zero-order chi connectivity index (χ0) is 17.9. The molecule has 1 amide bonds. The molecule has 0 unspecified atom stereocenters. The Labute approximate surface area is 146 Å². The van der Waals surface area contributed by atoms with Gasteiger partial charge in [-0.25, -0.2) is 8.42 Å². The predicted octanol–water partition coefficient (Wildman–Crippen LogP) is 1.72. The number of hydrogen-bond donors (Lipinski definition) is 1.